The van der Waals surface area contributed by atoms with Gasteiger partial charge in [0.25, 0.3) is 0 Å². The van der Waals surface area contributed by atoms with Crippen molar-refractivity contribution in [2.75, 3.05) is 14.2 Å². The first kappa shape index (κ1) is 13.6. The van der Waals surface area contributed by atoms with Gasteiger partial charge in [0.05, 0.1) is 30.0 Å². The number of hydrogen-bond donors (Lipinski definition) is 0. The number of methoxy groups -OCH3 is 2. The Morgan fingerprint density at radius 2 is 1.82 bits per heavy atom. The quantitative estimate of drug-likeness (QED) is 0.715. The fraction of sp³-hybridized carbons (Fsp3) is 0.278. The van der Waals surface area contributed by atoms with E-state index in [0.717, 1.165) is 27.6 Å². The van der Waals surface area contributed by atoms with Crippen molar-refractivity contribution in [3.63, 3.8) is 0 Å². The van der Waals surface area contributed by atoms with Crippen LogP contribution in [0.3, 0.4) is 0 Å². The van der Waals surface area contributed by atoms with Gasteiger partial charge in [0.15, 0.2) is 0 Å². The van der Waals surface area contributed by atoms with Crippen LogP contribution in [0.5, 0.6) is 11.5 Å². The lowest BCUT2D eigenvalue weighted by molar-refractivity contribution is 0.395. The lowest BCUT2D eigenvalue weighted by atomic mass is 10.1. The highest BCUT2D eigenvalue weighted by Crippen LogP contribution is 2.39. The molecule has 1 aliphatic rings. The van der Waals surface area contributed by atoms with Crippen LogP contribution in [0.25, 0.3) is 20.8 Å². The Kier molecular flexibility index (Phi) is 3.26. The van der Waals surface area contributed by atoms with Crippen molar-refractivity contribution in [3.05, 3.63) is 41.5 Å². The first-order valence-electron chi connectivity index (χ1n) is 7.43. The van der Waals surface area contributed by atoms with Gasteiger partial charge in [-0.15, -0.1) is 11.3 Å². The largest absolute Gasteiger partial charge is 0.497 e. The van der Waals surface area contributed by atoms with E-state index in [1.807, 2.05) is 18.2 Å². The second-order valence-corrected chi connectivity index (χ2v) is 6.56. The molecule has 0 saturated carbocycles. The molecule has 4 rings (SSSR count). The molecule has 0 N–H and O–H groups in total. The lowest BCUT2D eigenvalue weighted by Gasteiger charge is -2.07. The van der Waals surface area contributed by atoms with Gasteiger partial charge in [0.1, 0.15) is 16.5 Å². The maximum absolute atomic E-state index is 5.50. The summed E-state index contributed by atoms with van der Waals surface area (Å²) in [4.78, 5) is 4.82. The molecular formula is C18H17NO2S. The van der Waals surface area contributed by atoms with E-state index in [9.17, 15) is 0 Å². The van der Waals surface area contributed by atoms with Crippen LogP contribution < -0.4 is 9.47 Å². The Bertz CT molecular complexity index is 813. The average Bonchev–Trinajstić information content (AvgIpc) is 3.17. The van der Waals surface area contributed by atoms with Crippen molar-refractivity contribution in [3.8, 4) is 22.1 Å². The lowest BCUT2D eigenvalue weighted by Crippen LogP contribution is -1.90. The molecule has 0 atom stereocenters. The summed E-state index contributed by atoms with van der Waals surface area (Å²) in [5, 5.41) is 0.998. The van der Waals surface area contributed by atoms with E-state index in [-0.39, 0.29) is 0 Å². The fourth-order valence-corrected chi connectivity index (χ4v) is 4.13. The van der Waals surface area contributed by atoms with Gasteiger partial charge >= 0.3 is 0 Å². The molecule has 1 heterocycles. The Morgan fingerprint density at radius 1 is 1.00 bits per heavy atom. The number of nitrogens with zero attached hydrogens (tertiary/aromatic N) is 1. The number of hydrogen-bond acceptors (Lipinski definition) is 4. The Hall–Kier alpha value is -2.07. The van der Waals surface area contributed by atoms with Crippen LogP contribution in [0.2, 0.25) is 0 Å². The summed E-state index contributed by atoms with van der Waals surface area (Å²) >= 11 is 1.73. The van der Waals surface area contributed by atoms with Crippen molar-refractivity contribution in [2.45, 2.75) is 19.3 Å². The normalized spacial score (nSPS) is 13.4. The third-order valence-corrected chi connectivity index (χ3v) is 5.29. The highest BCUT2D eigenvalue weighted by molar-refractivity contribution is 7.21. The van der Waals surface area contributed by atoms with Crippen LogP contribution in [-0.2, 0) is 12.8 Å². The summed E-state index contributed by atoms with van der Waals surface area (Å²) in [7, 11) is 3.34. The second kappa shape index (κ2) is 5.29. The molecule has 1 aromatic heterocycles. The third kappa shape index (κ3) is 2.15. The monoisotopic (exact) mass is 311 g/mol. The number of benzene rings is 2. The Labute approximate surface area is 133 Å². The molecule has 22 heavy (non-hydrogen) atoms. The van der Waals surface area contributed by atoms with E-state index in [2.05, 4.69) is 12.1 Å². The van der Waals surface area contributed by atoms with Crippen LogP contribution in [0.4, 0.5) is 0 Å². The topological polar surface area (TPSA) is 31.4 Å². The summed E-state index contributed by atoms with van der Waals surface area (Å²) in [5.41, 5.74) is 5.07. The van der Waals surface area contributed by atoms with Crippen LogP contribution >= 0.6 is 11.3 Å². The molecule has 0 radical (unpaired) electrons. The molecule has 0 spiro atoms. The zero-order valence-corrected chi connectivity index (χ0v) is 13.5. The molecule has 0 bridgehead atoms. The van der Waals surface area contributed by atoms with E-state index in [0.29, 0.717) is 0 Å². The molecule has 0 unspecified atom stereocenters. The first-order chi connectivity index (χ1) is 10.8. The number of ether oxygens (including phenoxy) is 2. The minimum absolute atomic E-state index is 0.792. The van der Waals surface area contributed by atoms with Crippen molar-refractivity contribution in [1.29, 1.82) is 0 Å². The molecule has 0 aliphatic heterocycles. The summed E-state index contributed by atoms with van der Waals surface area (Å²) in [5.74, 6) is 1.59. The van der Waals surface area contributed by atoms with Gasteiger partial charge in [-0.3, -0.25) is 0 Å². The number of thiazole rings is 1. The van der Waals surface area contributed by atoms with E-state index in [1.54, 1.807) is 25.6 Å². The average molecular weight is 311 g/mol. The molecule has 0 amide bonds. The predicted molar refractivity (Wildman–Crippen MR) is 90.2 cm³/mol. The molecule has 0 saturated heterocycles. The summed E-state index contributed by atoms with van der Waals surface area (Å²) in [6.07, 6.45) is 3.65. The molecule has 1 aliphatic carbocycles. The predicted octanol–water partition coefficient (Wildman–Crippen LogP) is 4.47. The van der Waals surface area contributed by atoms with Gasteiger partial charge in [0.2, 0.25) is 0 Å². The van der Waals surface area contributed by atoms with Crippen LogP contribution in [-0.4, -0.2) is 19.2 Å². The van der Waals surface area contributed by atoms with Crippen LogP contribution in [0.1, 0.15) is 17.5 Å². The number of aromatic nitrogens is 1. The van der Waals surface area contributed by atoms with Gasteiger partial charge in [-0.05, 0) is 54.7 Å². The number of aryl methyl sites for hydroxylation is 2. The summed E-state index contributed by atoms with van der Waals surface area (Å²) < 4.78 is 12.0. The molecule has 112 valence electrons. The number of fused-ring (bicyclic) bond motifs is 2. The highest BCUT2D eigenvalue weighted by Gasteiger charge is 2.16. The van der Waals surface area contributed by atoms with Gasteiger partial charge in [-0.2, -0.15) is 0 Å². The van der Waals surface area contributed by atoms with Crippen LogP contribution in [0, 0.1) is 0 Å². The molecule has 3 nitrogen and oxygen atoms in total. The van der Waals surface area contributed by atoms with Crippen molar-refractivity contribution >= 4 is 21.6 Å². The molecule has 2 aromatic carbocycles. The fourth-order valence-electron chi connectivity index (χ4n) is 3.08. The molecular weight excluding hydrogens is 294 g/mol. The summed E-state index contributed by atoms with van der Waals surface area (Å²) in [6, 6.07) is 10.4. The zero-order chi connectivity index (χ0) is 15.1. The minimum atomic E-state index is 0.792. The van der Waals surface area contributed by atoms with Crippen molar-refractivity contribution in [1.82, 2.24) is 4.98 Å². The molecule has 0 fully saturated rings. The van der Waals surface area contributed by atoms with Gasteiger partial charge < -0.3 is 9.47 Å². The smallest absolute Gasteiger partial charge is 0.132 e. The molecule has 3 aromatic rings. The van der Waals surface area contributed by atoms with E-state index >= 15 is 0 Å². The van der Waals surface area contributed by atoms with E-state index < -0.39 is 0 Å². The van der Waals surface area contributed by atoms with Gasteiger partial charge in [0, 0.05) is 6.07 Å². The standard InChI is InChI=1S/C18H17NO2S/c1-20-13-6-7-14(16(10-13)21-2)18-19-15-8-11-4-3-5-12(11)9-17(15)22-18/h6-10H,3-5H2,1-2H3. The maximum Gasteiger partial charge on any atom is 0.132 e. The van der Waals surface area contributed by atoms with Crippen LogP contribution in [0.15, 0.2) is 30.3 Å². The van der Waals surface area contributed by atoms with Gasteiger partial charge in [-0.1, -0.05) is 0 Å². The van der Waals surface area contributed by atoms with Gasteiger partial charge in [-0.25, -0.2) is 4.98 Å². The SMILES string of the molecule is COc1ccc(-c2nc3cc4c(cc3s2)CCC4)c(OC)c1. The van der Waals surface area contributed by atoms with Crippen molar-refractivity contribution < 1.29 is 9.47 Å². The zero-order valence-electron chi connectivity index (χ0n) is 12.7. The molecule has 4 heteroatoms. The summed E-state index contributed by atoms with van der Waals surface area (Å²) in [6.45, 7) is 0. The number of rotatable bonds is 3. The highest BCUT2D eigenvalue weighted by atomic mass is 32.1. The second-order valence-electron chi connectivity index (χ2n) is 5.53. The third-order valence-electron chi connectivity index (χ3n) is 4.24. The van der Waals surface area contributed by atoms with E-state index in [1.165, 1.54) is 35.1 Å². The Balaban J connectivity index is 1.84. The van der Waals surface area contributed by atoms with E-state index in [4.69, 9.17) is 14.5 Å². The maximum atomic E-state index is 5.50. The first-order valence-corrected chi connectivity index (χ1v) is 8.25. The minimum Gasteiger partial charge on any atom is -0.497 e. The Morgan fingerprint density at radius 3 is 2.59 bits per heavy atom. The van der Waals surface area contributed by atoms with Crippen molar-refractivity contribution in [2.24, 2.45) is 0 Å².